The lowest BCUT2D eigenvalue weighted by Gasteiger charge is -2.07. The first kappa shape index (κ1) is 15.2. The molecule has 5 heteroatoms. The number of amides is 1. The number of halogens is 2. The predicted octanol–water partition coefficient (Wildman–Crippen LogP) is 6.25. The number of para-hydroxylation sites is 1. The third-order valence-electron chi connectivity index (χ3n) is 3.81. The molecule has 0 aliphatic carbocycles. The molecule has 0 saturated heterocycles. The first-order valence-electron chi connectivity index (χ1n) is 7.29. The highest BCUT2D eigenvalue weighted by molar-refractivity contribution is 9.10. The summed E-state index contributed by atoms with van der Waals surface area (Å²) in [5, 5.41) is 5.27. The van der Waals surface area contributed by atoms with Crippen molar-refractivity contribution >= 4 is 61.1 Å². The zero-order chi connectivity index (χ0) is 16.7. The molecule has 0 atom stereocenters. The van der Waals surface area contributed by atoms with E-state index in [0.29, 0.717) is 16.3 Å². The van der Waals surface area contributed by atoms with Gasteiger partial charge in [0.15, 0.2) is 0 Å². The van der Waals surface area contributed by atoms with Gasteiger partial charge < -0.3 is 9.73 Å². The summed E-state index contributed by atoms with van der Waals surface area (Å²) in [6.07, 6.45) is 0. The molecule has 3 aromatic carbocycles. The minimum absolute atomic E-state index is 0.256. The Labute approximate surface area is 151 Å². The molecule has 0 bridgehead atoms. The van der Waals surface area contributed by atoms with Gasteiger partial charge in [-0.2, -0.15) is 0 Å². The zero-order valence-corrected chi connectivity index (χ0v) is 14.7. The number of benzene rings is 3. The van der Waals surface area contributed by atoms with E-state index in [4.69, 9.17) is 16.0 Å². The fraction of sp³-hybridized carbons (Fsp3) is 0. The van der Waals surface area contributed by atoms with Crippen molar-refractivity contribution in [3.8, 4) is 0 Å². The van der Waals surface area contributed by atoms with E-state index >= 15 is 0 Å². The van der Waals surface area contributed by atoms with Crippen molar-refractivity contribution < 1.29 is 9.21 Å². The number of furan rings is 1. The molecule has 1 N–H and O–H groups in total. The summed E-state index contributed by atoms with van der Waals surface area (Å²) in [4.78, 5) is 12.5. The summed E-state index contributed by atoms with van der Waals surface area (Å²) in [5.41, 5.74) is 2.72. The van der Waals surface area contributed by atoms with Crippen molar-refractivity contribution in [1.29, 1.82) is 0 Å². The van der Waals surface area contributed by atoms with Gasteiger partial charge >= 0.3 is 0 Å². The largest absolute Gasteiger partial charge is 0.456 e. The molecule has 24 heavy (non-hydrogen) atoms. The summed E-state index contributed by atoms with van der Waals surface area (Å²) in [5.74, 6) is -0.256. The molecule has 0 aliphatic heterocycles. The number of hydrogen-bond donors (Lipinski definition) is 1. The van der Waals surface area contributed by atoms with Crippen LogP contribution in [-0.2, 0) is 0 Å². The molecule has 1 aromatic heterocycles. The summed E-state index contributed by atoms with van der Waals surface area (Å²) in [7, 11) is 0. The van der Waals surface area contributed by atoms with Gasteiger partial charge in [0.1, 0.15) is 11.2 Å². The molecule has 3 nitrogen and oxygen atoms in total. The smallest absolute Gasteiger partial charge is 0.257 e. The minimum Gasteiger partial charge on any atom is -0.456 e. The molecule has 1 amide bonds. The Morgan fingerprint density at radius 3 is 2.62 bits per heavy atom. The van der Waals surface area contributed by atoms with Crippen LogP contribution in [0.2, 0.25) is 5.02 Å². The molecule has 0 radical (unpaired) electrons. The van der Waals surface area contributed by atoms with Crippen LogP contribution in [0.25, 0.3) is 21.9 Å². The highest BCUT2D eigenvalue weighted by atomic mass is 79.9. The van der Waals surface area contributed by atoms with Gasteiger partial charge in [0.2, 0.25) is 0 Å². The van der Waals surface area contributed by atoms with E-state index in [0.717, 1.165) is 26.4 Å². The van der Waals surface area contributed by atoms with E-state index in [1.54, 1.807) is 18.2 Å². The number of rotatable bonds is 2. The second-order valence-corrected chi connectivity index (χ2v) is 6.71. The maximum absolute atomic E-state index is 12.5. The van der Waals surface area contributed by atoms with Crippen molar-refractivity contribution in [1.82, 2.24) is 0 Å². The topological polar surface area (TPSA) is 42.2 Å². The van der Waals surface area contributed by atoms with Gasteiger partial charge in [-0.25, -0.2) is 0 Å². The lowest BCUT2D eigenvalue weighted by molar-refractivity contribution is 0.102. The Morgan fingerprint density at radius 1 is 0.958 bits per heavy atom. The highest BCUT2D eigenvalue weighted by Crippen LogP contribution is 2.31. The third kappa shape index (κ3) is 2.68. The molecule has 118 valence electrons. The van der Waals surface area contributed by atoms with E-state index < -0.39 is 0 Å². The zero-order valence-electron chi connectivity index (χ0n) is 12.3. The molecule has 0 unspecified atom stereocenters. The van der Waals surface area contributed by atoms with Gasteiger partial charge in [0.25, 0.3) is 5.91 Å². The first-order valence-corrected chi connectivity index (χ1v) is 8.46. The van der Waals surface area contributed by atoms with Crippen LogP contribution in [0, 0.1) is 0 Å². The van der Waals surface area contributed by atoms with Crippen molar-refractivity contribution in [2.75, 3.05) is 5.32 Å². The monoisotopic (exact) mass is 399 g/mol. The van der Waals surface area contributed by atoms with Gasteiger partial charge in [0.05, 0.1) is 10.6 Å². The van der Waals surface area contributed by atoms with Crippen molar-refractivity contribution in [3.63, 3.8) is 0 Å². The Balaban J connectivity index is 1.73. The molecule has 0 aliphatic rings. The summed E-state index contributed by atoms with van der Waals surface area (Å²) in [6, 6.07) is 18.6. The minimum atomic E-state index is -0.256. The average molecular weight is 401 g/mol. The summed E-state index contributed by atoms with van der Waals surface area (Å²) < 4.78 is 6.59. The molecule has 0 saturated carbocycles. The lowest BCUT2D eigenvalue weighted by atomic mass is 10.1. The SMILES string of the molecule is O=C(Nc1ccc2oc3ccccc3c2c1)c1cc(Br)ccc1Cl. The van der Waals surface area contributed by atoms with Gasteiger partial charge in [-0.3, -0.25) is 4.79 Å². The van der Waals surface area contributed by atoms with Gasteiger partial charge in [-0.15, -0.1) is 0 Å². The normalized spacial score (nSPS) is 11.1. The number of anilines is 1. The Morgan fingerprint density at radius 2 is 1.75 bits per heavy atom. The number of carbonyl (C=O) groups is 1. The second kappa shape index (κ2) is 5.96. The molecule has 0 spiro atoms. The molecular weight excluding hydrogens is 390 g/mol. The quantitative estimate of drug-likeness (QED) is 0.432. The molecule has 4 aromatic rings. The van der Waals surface area contributed by atoms with Crippen LogP contribution < -0.4 is 5.32 Å². The Hall–Kier alpha value is -2.30. The van der Waals surface area contributed by atoms with Crippen molar-refractivity contribution in [2.24, 2.45) is 0 Å². The van der Waals surface area contributed by atoms with Crippen LogP contribution in [-0.4, -0.2) is 5.91 Å². The first-order chi connectivity index (χ1) is 11.6. The summed E-state index contributed by atoms with van der Waals surface area (Å²) >= 11 is 9.47. The molecule has 1 heterocycles. The average Bonchev–Trinajstić information content (AvgIpc) is 2.95. The fourth-order valence-electron chi connectivity index (χ4n) is 2.67. The lowest BCUT2D eigenvalue weighted by Crippen LogP contribution is -2.12. The van der Waals surface area contributed by atoms with E-state index in [-0.39, 0.29) is 5.91 Å². The Kier molecular flexibility index (Phi) is 3.79. The van der Waals surface area contributed by atoms with E-state index in [1.165, 1.54) is 0 Å². The highest BCUT2D eigenvalue weighted by Gasteiger charge is 2.13. The standard InChI is InChI=1S/C19H11BrClNO2/c20-11-5-7-16(21)15(9-11)19(23)22-12-6-8-18-14(10-12)13-3-1-2-4-17(13)24-18/h1-10H,(H,22,23). The summed E-state index contributed by atoms with van der Waals surface area (Å²) in [6.45, 7) is 0. The third-order valence-corrected chi connectivity index (χ3v) is 4.63. The Bertz CT molecular complexity index is 1090. The maximum Gasteiger partial charge on any atom is 0.257 e. The van der Waals surface area contributed by atoms with Gasteiger partial charge in [0, 0.05) is 20.9 Å². The van der Waals surface area contributed by atoms with E-state index in [2.05, 4.69) is 21.2 Å². The van der Waals surface area contributed by atoms with Gasteiger partial charge in [-0.1, -0.05) is 45.7 Å². The number of fused-ring (bicyclic) bond motifs is 3. The fourth-order valence-corrected chi connectivity index (χ4v) is 3.24. The molecule has 4 rings (SSSR count). The second-order valence-electron chi connectivity index (χ2n) is 5.39. The van der Waals surface area contributed by atoms with Crippen LogP contribution in [0.3, 0.4) is 0 Å². The number of carbonyl (C=O) groups excluding carboxylic acids is 1. The van der Waals surface area contributed by atoms with Crippen molar-refractivity contribution in [2.45, 2.75) is 0 Å². The predicted molar refractivity (Wildman–Crippen MR) is 101 cm³/mol. The number of nitrogens with one attached hydrogen (secondary N) is 1. The van der Waals surface area contributed by atoms with Crippen LogP contribution in [0.5, 0.6) is 0 Å². The van der Waals surface area contributed by atoms with Crippen LogP contribution in [0.4, 0.5) is 5.69 Å². The van der Waals surface area contributed by atoms with Gasteiger partial charge in [-0.05, 0) is 42.5 Å². The van der Waals surface area contributed by atoms with Crippen molar-refractivity contribution in [3.05, 3.63) is 75.7 Å². The van der Waals surface area contributed by atoms with Crippen LogP contribution in [0.15, 0.2) is 69.6 Å². The maximum atomic E-state index is 12.5. The van der Waals surface area contributed by atoms with E-state index in [1.807, 2.05) is 42.5 Å². The van der Waals surface area contributed by atoms with Crippen LogP contribution in [0.1, 0.15) is 10.4 Å². The van der Waals surface area contributed by atoms with Crippen LogP contribution >= 0.6 is 27.5 Å². The molecule has 0 fully saturated rings. The van der Waals surface area contributed by atoms with E-state index in [9.17, 15) is 4.79 Å². The number of hydrogen-bond acceptors (Lipinski definition) is 2. The molecular formula is C19H11BrClNO2.